The number of hydrogen-bond acceptors (Lipinski definition) is 5. The maximum atomic E-state index is 12.7. The SMILES string of the molecule is CC(C)COc1ccc(C(=O)NC(=S)Nc2ccccc2C(=O)NCC2CCCO2)cc1Br. The van der Waals surface area contributed by atoms with Gasteiger partial charge in [0.05, 0.1) is 28.4 Å². The van der Waals surface area contributed by atoms with Crippen molar-refractivity contribution < 1.29 is 19.1 Å². The van der Waals surface area contributed by atoms with Gasteiger partial charge in [-0.3, -0.25) is 14.9 Å². The summed E-state index contributed by atoms with van der Waals surface area (Å²) in [6, 6.07) is 12.1. The lowest BCUT2D eigenvalue weighted by atomic mass is 10.1. The van der Waals surface area contributed by atoms with Gasteiger partial charge in [-0.2, -0.15) is 0 Å². The van der Waals surface area contributed by atoms with Crippen molar-refractivity contribution >= 4 is 50.8 Å². The molecule has 9 heteroatoms. The summed E-state index contributed by atoms with van der Waals surface area (Å²) < 4.78 is 12.0. The Balaban J connectivity index is 1.58. The molecule has 0 radical (unpaired) electrons. The third-order valence-electron chi connectivity index (χ3n) is 4.93. The topological polar surface area (TPSA) is 88.7 Å². The molecule has 1 unspecified atom stereocenters. The lowest BCUT2D eigenvalue weighted by Crippen LogP contribution is -2.35. The highest BCUT2D eigenvalue weighted by molar-refractivity contribution is 9.10. The fraction of sp³-hybridized carbons (Fsp3) is 0.375. The van der Waals surface area contributed by atoms with E-state index in [-0.39, 0.29) is 23.0 Å². The van der Waals surface area contributed by atoms with Crippen LogP contribution in [0, 0.1) is 5.92 Å². The van der Waals surface area contributed by atoms with Gasteiger partial charge in [0, 0.05) is 18.7 Å². The number of rotatable bonds is 8. The number of halogens is 1. The molecule has 3 N–H and O–H groups in total. The lowest BCUT2D eigenvalue weighted by Gasteiger charge is -2.15. The first-order chi connectivity index (χ1) is 15.8. The molecule has 1 saturated heterocycles. The summed E-state index contributed by atoms with van der Waals surface area (Å²) in [7, 11) is 0. The van der Waals surface area contributed by atoms with E-state index in [1.54, 1.807) is 42.5 Å². The molecular formula is C24H28BrN3O4S. The van der Waals surface area contributed by atoms with E-state index in [1.165, 1.54) is 0 Å². The lowest BCUT2D eigenvalue weighted by molar-refractivity contribution is 0.0858. The van der Waals surface area contributed by atoms with Crippen molar-refractivity contribution in [3.05, 3.63) is 58.1 Å². The second kappa shape index (κ2) is 12.1. The van der Waals surface area contributed by atoms with Gasteiger partial charge in [-0.25, -0.2) is 0 Å². The maximum absolute atomic E-state index is 12.7. The molecule has 0 bridgehead atoms. The predicted octanol–water partition coefficient (Wildman–Crippen LogP) is 4.52. The number of ether oxygens (including phenoxy) is 2. The predicted molar refractivity (Wildman–Crippen MR) is 136 cm³/mol. The van der Waals surface area contributed by atoms with Crippen molar-refractivity contribution in [3.63, 3.8) is 0 Å². The van der Waals surface area contributed by atoms with Crippen LogP contribution in [0.15, 0.2) is 46.9 Å². The number of benzene rings is 2. The van der Waals surface area contributed by atoms with Crippen LogP contribution in [0.3, 0.4) is 0 Å². The number of carbonyl (C=O) groups is 2. The molecule has 1 heterocycles. The van der Waals surface area contributed by atoms with Crippen molar-refractivity contribution in [2.24, 2.45) is 5.92 Å². The van der Waals surface area contributed by atoms with Crippen molar-refractivity contribution in [2.75, 3.05) is 25.1 Å². The molecule has 1 aliphatic rings. The largest absolute Gasteiger partial charge is 0.492 e. The third kappa shape index (κ3) is 7.52. The van der Waals surface area contributed by atoms with Crippen molar-refractivity contribution in [2.45, 2.75) is 32.8 Å². The Hall–Kier alpha value is -2.49. The van der Waals surface area contributed by atoms with Crippen LogP contribution in [0.5, 0.6) is 5.75 Å². The number of para-hydroxylation sites is 1. The summed E-state index contributed by atoms with van der Waals surface area (Å²) in [5, 5.41) is 8.59. The van der Waals surface area contributed by atoms with Gasteiger partial charge < -0.3 is 20.1 Å². The Labute approximate surface area is 207 Å². The van der Waals surface area contributed by atoms with E-state index in [9.17, 15) is 9.59 Å². The fourth-order valence-electron chi connectivity index (χ4n) is 3.24. The molecule has 7 nitrogen and oxygen atoms in total. The summed E-state index contributed by atoms with van der Waals surface area (Å²) >= 11 is 8.75. The van der Waals surface area contributed by atoms with Crippen LogP contribution in [0.2, 0.25) is 0 Å². The third-order valence-corrected chi connectivity index (χ3v) is 5.75. The van der Waals surface area contributed by atoms with Gasteiger partial charge in [-0.05, 0) is 77.2 Å². The Morgan fingerprint density at radius 1 is 1.21 bits per heavy atom. The number of nitrogens with one attached hydrogen (secondary N) is 3. The van der Waals surface area contributed by atoms with Gasteiger partial charge in [-0.1, -0.05) is 26.0 Å². The van der Waals surface area contributed by atoms with Gasteiger partial charge in [0.1, 0.15) is 5.75 Å². The number of carbonyl (C=O) groups excluding carboxylic acids is 2. The average molecular weight is 534 g/mol. The van der Waals surface area contributed by atoms with Crippen LogP contribution in [0.1, 0.15) is 47.4 Å². The number of thiocarbonyl (C=S) groups is 1. The molecule has 0 aromatic heterocycles. The molecule has 1 aliphatic heterocycles. The number of amides is 2. The molecule has 0 saturated carbocycles. The molecule has 2 amide bonds. The molecule has 1 fully saturated rings. The molecule has 33 heavy (non-hydrogen) atoms. The first-order valence-electron chi connectivity index (χ1n) is 10.9. The zero-order chi connectivity index (χ0) is 23.8. The fourth-order valence-corrected chi connectivity index (χ4v) is 3.94. The molecule has 176 valence electrons. The van der Waals surface area contributed by atoms with Gasteiger partial charge in [-0.15, -0.1) is 0 Å². The highest BCUT2D eigenvalue weighted by Gasteiger charge is 2.18. The van der Waals surface area contributed by atoms with E-state index in [4.69, 9.17) is 21.7 Å². The minimum absolute atomic E-state index is 0.0518. The summed E-state index contributed by atoms with van der Waals surface area (Å²) in [6.45, 7) is 5.90. The molecule has 1 atom stereocenters. The van der Waals surface area contributed by atoms with Crippen LogP contribution in [0.25, 0.3) is 0 Å². The Kier molecular flexibility index (Phi) is 9.22. The second-order valence-corrected chi connectivity index (χ2v) is 9.41. The second-order valence-electron chi connectivity index (χ2n) is 8.15. The molecule has 3 rings (SSSR count). The number of anilines is 1. The first-order valence-corrected chi connectivity index (χ1v) is 12.1. The monoisotopic (exact) mass is 533 g/mol. The van der Waals surface area contributed by atoms with Gasteiger partial charge in [0.2, 0.25) is 0 Å². The maximum Gasteiger partial charge on any atom is 0.257 e. The Bertz CT molecular complexity index is 1010. The Morgan fingerprint density at radius 3 is 2.70 bits per heavy atom. The van der Waals surface area contributed by atoms with Gasteiger partial charge >= 0.3 is 0 Å². The van der Waals surface area contributed by atoms with Crippen LogP contribution in [-0.4, -0.2) is 42.8 Å². The number of hydrogen-bond donors (Lipinski definition) is 3. The standard InChI is InChI=1S/C24H28BrN3O4S/c1-15(2)14-32-21-10-9-16(12-19(21)25)22(29)28-24(33)27-20-8-4-3-7-18(20)23(30)26-13-17-6-5-11-31-17/h3-4,7-10,12,15,17H,5-6,11,13-14H2,1-2H3,(H,26,30)(H2,27,28,29,33). The summed E-state index contributed by atoms with van der Waals surface area (Å²) in [4.78, 5) is 25.3. The van der Waals surface area contributed by atoms with E-state index in [1.807, 2.05) is 0 Å². The van der Waals surface area contributed by atoms with Crippen molar-refractivity contribution in [3.8, 4) is 5.75 Å². The van der Waals surface area contributed by atoms with Crippen LogP contribution in [0.4, 0.5) is 5.69 Å². The van der Waals surface area contributed by atoms with E-state index < -0.39 is 0 Å². The van der Waals surface area contributed by atoms with E-state index in [0.717, 1.165) is 19.4 Å². The molecule has 0 aliphatic carbocycles. The first kappa shape index (κ1) is 25.1. The van der Waals surface area contributed by atoms with Crippen LogP contribution < -0.4 is 20.7 Å². The van der Waals surface area contributed by atoms with Crippen LogP contribution in [-0.2, 0) is 4.74 Å². The average Bonchev–Trinajstić information content (AvgIpc) is 3.30. The summed E-state index contributed by atoms with van der Waals surface area (Å²) in [6.07, 6.45) is 2.00. The van der Waals surface area contributed by atoms with Crippen LogP contribution >= 0.6 is 28.1 Å². The zero-order valence-electron chi connectivity index (χ0n) is 18.7. The summed E-state index contributed by atoms with van der Waals surface area (Å²) in [5.41, 5.74) is 1.36. The normalized spacial score (nSPS) is 15.2. The minimum atomic E-state index is -0.371. The molecule has 2 aromatic rings. The highest BCUT2D eigenvalue weighted by Crippen LogP contribution is 2.26. The Morgan fingerprint density at radius 2 is 2.00 bits per heavy atom. The van der Waals surface area contributed by atoms with Gasteiger partial charge in [0.25, 0.3) is 11.8 Å². The van der Waals surface area contributed by atoms with Gasteiger partial charge in [0.15, 0.2) is 5.11 Å². The van der Waals surface area contributed by atoms with Crippen molar-refractivity contribution in [1.29, 1.82) is 0 Å². The van der Waals surface area contributed by atoms with Crippen molar-refractivity contribution in [1.82, 2.24) is 10.6 Å². The summed E-state index contributed by atoms with van der Waals surface area (Å²) in [5.74, 6) is 0.459. The van der Waals surface area contributed by atoms with E-state index in [2.05, 4.69) is 45.7 Å². The van der Waals surface area contributed by atoms with E-state index >= 15 is 0 Å². The smallest absolute Gasteiger partial charge is 0.257 e. The molecule has 0 spiro atoms. The molecular weight excluding hydrogens is 506 g/mol. The quantitative estimate of drug-likeness (QED) is 0.432. The minimum Gasteiger partial charge on any atom is -0.492 e. The van der Waals surface area contributed by atoms with E-state index in [0.29, 0.717) is 46.1 Å². The highest BCUT2D eigenvalue weighted by atomic mass is 79.9. The molecule has 2 aromatic carbocycles. The zero-order valence-corrected chi connectivity index (χ0v) is 21.1.